The number of rotatable bonds is 3. The van der Waals surface area contributed by atoms with Crippen LogP contribution in [0.5, 0.6) is 0 Å². The van der Waals surface area contributed by atoms with Crippen LogP contribution in [0.4, 0.5) is 5.69 Å². The first-order chi connectivity index (χ1) is 7.81. The number of hydrogen-bond acceptors (Lipinski definition) is 2. The molecule has 0 radical (unpaired) electrons. The number of amides is 1. The van der Waals surface area contributed by atoms with Crippen LogP contribution < -0.4 is 11.1 Å². The van der Waals surface area contributed by atoms with Crippen molar-refractivity contribution in [3.8, 4) is 0 Å². The maximum absolute atomic E-state index is 11.8. The van der Waals surface area contributed by atoms with E-state index in [4.69, 9.17) is 5.73 Å². The minimum absolute atomic E-state index is 0.122. The molecule has 1 aromatic rings. The molecule has 0 bridgehead atoms. The zero-order valence-electron chi connectivity index (χ0n) is 10.7. The molecule has 0 aliphatic heterocycles. The largest absolute Gasteiger partial charge is 0.326 e. The summed E-state index contributed by atoms with van der Waals surface area (Å²) in [6, 6.07) is 7.75. The maximum atomic E-state index is 11.8. The van der Waals surface area contributed by atoms with Gasteiger partial charge in [-0.05, 0) is 44.4 Å². The van der Waals surface area contributed by atoms with Gasteiger partial charge in [-0.25, -0.2) is 0 Å². The second kappa shape index (κ2) is 3.84. The van der Waals surface area contributed by atoms with Crippen molar-refractivity contribution in [1.82, 2.24) is 0 Å². The van der Waals surface area contributed by atoms with Crippen molar-refractivity contribution < 1.29 is 4.79 Å². The normalized spacial score (nSPS) is 17.6. The fourth-order valence-corrected chi connectivity index (χ4v) is 1.68. The summed E-state index contributed by atoms with van der Waals surface area (Å²) < 4.78 is 0. The van der Waals surface area contributed by atoms with Crippen molar-refractivity contribution >= 4 is 11.6 Å². The number of anilines is 1. The van der Waals surface area contributed by atoms with Crippen LogP contribution in [0.3, 0.4) is 0 Å². The fraction of sp³-hybridized carbons (Fsp3) is 0.500. The number of carbonyl (C=O) groups is 1. The average Bonchev–Trinajstić information content (AvgIpc) is 2.97. The molecule has 92 valence electrons. The van der Waals surface area contributed by atoms with E-state index >= 15 is 0 Å². The summed E-state index contributed by atoms with van der Waals surface area (Å²) in [6.45, 7) is 5.93. The standard InChI is InChI=1S/C14H20N2O/c1-13(2,15)10-4-6-11(7-5-10)16-12(17)14(3)8-9-14/h4-7H,8-9,15H2,1-3H3,(H,16,17). The predicted molar refractivity (Wildman–Crippen MR) is 69.6 cm³/mol. The zero-order chi connectivity index (χ0) is 12.7. The highest BCUT2D eigenvalue weighted by molar-refractivity contribution is 5.96. The van der Waals surface area contributed by atoms with Crippen LogP contribution in [-0.4, -0.2) is 5.91 Å². The molecule has 0 aromatic heterocycles. The first kappa shape index (κ1) is 12.1. The molecule has 1 aromatic carbocycles. The third-order valence-corrected chi connectivity index (χ3v) is 3.43. The molecule has 1 aliphatic rings. The highest BCUT2D eigenvalue weighted by Crippen LogP contribution is 2.45. The topological polar surface area (TPSA) is 55.1 Å². The van der Waals surface area contributed by atoms with Crippen LogP contribution in [-0.2, 0) is 10.3 Å². The Morgan fingerprint density at radius 1 is 1.29 bits per heavy atom. The molecule has 0 heterocycles. The van der Waals surface area contributed by atoms with E-state index in [1.165, 1.54) is 0 Å². The number of benzene rings is 1. The molecule has 0 spiro atoms. The van der Waals surface area contributed by atoms with Gasteiger partial charge in [0.1, 0.15) is 0 Å². The van der Waals surface area contributed by atoms with E-state index in [1.807, 2.05) is 45.0 Å². The van der Waals surface area contributed by atoms with Crippen molar-refractivity contribution in [1.29, 1.82) is 0 Å². The molecule has 0 atom stereocenters. The van der Waals surface area contributed by atoms with Gasteiger partial charge in [-0.15, -0.1) is 0 Å². The van der Waals surface area contributed by atoms with Crippen LogP contribution in [0.1, 0.15) is 39.2 Å². The van der Waals surface area contributed by atoms with E-state index in [-0.39, 0.29) is 16.9 Å². The molecule has 17 heavy (non-hydrogen) atoms. The van der Waals surface area contributed by atoms with Gasteiger partial charge in [0.25, 0.3) is 0 Å². The van der Waals surface area contributed by atoms with Gasteiger partial charge in [0.2, 0.25) is 5.91 Å². The van der Waals surface area contributed by atoms with Crippen molar-refractivity contribution in [3.05, 3.63) is 29.8 Å². The Labute approximate surface area is 102 Å². The Hall–Kier alpha value is -1.35. The van der Waals surface area contributed by atoms with E-state index in [9.17, 15) is 4.79 Å². The Morgan fingerprint density at radius 3 is 2.24 bits per heavy atom. The summed E-state index contributed by atoms with van der Waals surface area (Å²) in [5, 5.41) is 2.94. The lowest BCUT2D eigenvalue weighted by atomic mass is 9.95. The zero-order valence-corrected chi connectivity index (χ0v) is 10.7. The number of nitrogens with two attached hydrogens (primary N) is 1. The number of nitrogens with one attached hydrogen (secondary N) is 1. The lowest BCUT2D eigenvalue weighted by Crippen LogP contribution is -2.28. The summed E-state index contributed by atoms with van der Waals surface area (Å²) in [4.78, 5) is 11.8. The van der Waals surface area contributed by atoms with Crippen molar-refractivity contribution in [2.24, 2.45) is 11.1 Å². The van der Waals surface area contributed by atoms with E-state index in [0.717, 1.165) is 24.1 Å². The van der Waals surface area contributed by atoms with Crippen LogP contribution in [0.2, 0.25) is 0 Å². The third kappa shape index (κ3) is 2.67. The highest BCUT2D eigenvalue weighted by Gasteiger charge is 2.44. The Bertz CT molecular complexity index is 425. The van der Waals surface area contributed by atoms with Gasteiger partial charge in [0.15, 0.2) is 0 Å². The van der Waals surface area contributed by atoms with E-state index in [1.54, 1.807) is 0 Å². The molecule has 3 heteroatoms. The molecule has 2 rings (SSSR count). The fourth-order valence-electron chi connectivity index (χ4n) is 1.68. The van der Waals surface area contributed by atoms with Gasteiger partial charge < -0.3 is 11.1 Å². The van der Waals surface area contributed by atoms with Gasteiger partial charge in [-0.3, -0.25) is 4.79 Å². The summed E-state index contributed by atoms with van der Waals surface area (Å²) in [7, 11) is 0. The summed E-state index contributed by atoms with van der Waals surface area (Å²) >= 11 is 0. The second-order valence-corrected chi connectivity index (χ2v) is 5.81. The first-order valence-corrected chi connectivity index (χ1v) is 6.02. The molecule has 0 saturated heterocycles. The quantitative estimate of drug-likeness (QED) is 0.841. The smallest absolute Gasteiger partial charge is 0.230 e. The van der Waals surface area contributed by atoms with Crippen molar-refractivity contribution in [2.75, 3.05) is 5.32 Å². The van der Waals surface area contributed by atoms with Gasteiger partial charge in [0, 0.05) is 16.6 Å². The highest BCUT2D eigenvalue weighted by atomic mass is 16.2. The van der Waals surface area contributed by atoms with Crippen molar-refractivity contribution in [2.45, 2.75) is 39.2 Å². The summed E-state index contributed by atoms with van der Waals surface area (Å²) in [6.07, 6.45) is 1.99. The molecule has 1 fully saturated rings. The molecule has 3 nitrogen and oxygen atoms in total. The SMILES string of the molecule is CC1(C(=O)Nc2ccc(C(C)(C)N)cc2)CC1. The van der Waals surface area contributed by atoms with E-state index < -0.39 is 0 Å². The maximum Gasteiger partial charge on any atom is 0.230 e. The third-order valence-electron chi connectivity index (χ3n) is 3.43. The molecule has 0 unspecified atom stereocenters. The van der Waals surface area contributed by atoms with E-state index in [0.29, 0.717) is 0 Å². The molecule has 3 N–H and O–H groups in total. The first-order valence-electron chi connectivity index (χ1n) is 6.02. The molecular formula is C14H20N2O. The monoisotopic (exact) mass is 232 g/mol. The van der Waals surface area contributed by atoms with Gasteiger partial charge in [0.05, 0.1) is 0 Å². The lowest BCUT2D eigenvalue weighted by molar-refractivity contribution is -0.120. The Balaban J connectivity index is 2.06. The Morgan fingerprint density at radius 2 is 1.82 bits per heavy atom. The molecular weight excluding hydrogens is 212 g/mol. The molecule has 1 saturated carbocycles. The van der Waals surface area contributed by atoms with E-state index in [2.05, 4.69) is 5.32 Å². The van der Waals surface area contributed by atoms with Crippen LogP contribution in [0.25, 0.3) is 0 Å². The molecule has 1 amide bonds. The Kier molecular flexibility index (Phi) is 2.74. The minimum atomic E-state index is -0.342. The van der Waals surface area contributed by atoms with Gasteiger partial charge >= 0.3 is 0 Å². The minimum Gasteiger partial charge on any atom is -0.326 e. The summed E-state index contributed by atoms with van der Waals surface area (Å²) in [5.74, 6) is 0.122. The second-order valence-electron chi connectivity index (χ2n) is 5.81. The summed E-state index contributed by atoms with van der Waals surface area (Å²) in [5.41, 5.74) is 7.43. The van der Waals surface area contributed by atoms with Crippen LogP contribution >= 0.6 is 0 Å². The van der Waals surface area contributed by atoms with Crippen LogP contribution in [0, 0.1) is 5.41 Å². The lowest BCUT2D eigenvalue weighted by Gasteiger charge is -2.19. The number of hydrogen-bond donors (Lipinski definition) is 2. The van der Waals surface area contributed by atoms with Crippen LogP contribution in [0.15, 0.2) is 24.3 Å². The predicted octanol–water partition coefficient (Wildman–Crippen LogP) is 2.62. The van der Waals surface area contributed by atoms with Crippen molar-refractivity contribution in [3.63, 3.8) is 0 Å². The molecule has 1 aliphatic carbocycles. The average molecular weight is 232 g/mol. The number of carbonyl (C=O) groups excluding carboxylic acids is 1. The van der Waals surface area contributed by atoms with Gasteiger partial charge in [-0.2, -0.15) is 0 Å². The van der Waals surface area contributed by atoms with Gasteiger partial charge in [-0.1, -0.05) is 19.1 Å².